The normalized spacial score (nSPS) is 9.89. The lowest BCUT2D eigenvalue weighted by atomic mass is 10.1. The summed E-state index contributed by atoms with van der Waals surface area (Å²) in [5.74, 6) is 0.732. The minimum atomic E-state index is 0.559. The molecule has 0 radical (unpaired) electrons. The van der Waals surface area contributed by atoms with Crippen molar-refractivity contribution in [3.63, 3.8) is 0 Å². The number of aromatic nitrogens is 1. The molecule has 0 aliphatic heterocycles. The second-order valence-corrected chi connectivity index (χ2v) is 4.89. The SMILES string of the molecule is Cc1cc(Nc2ccc(C#N)cn2)cc(C)c1Br. The van der Waals surface area contributed by atoms with Crippen LogP contribution < -0.4 is 5.32 Å². The van der Waals surface area contributed by atoms with E-state index in [9.17, 15) is 0 Å². The maximum absolute atomic E-state index is 8.71. The Hall–Kier alpha value is -1.86. The molecule has 0 amide bonds. The molecule has 90 valence electrons. The molecule has 0 saturated heterocycles. The predicted molar refractivity (Wildman–Crippen MR) is 75.9 cm³/mol. The van der Waals surface area contributed by atoms with Crippen LogP contribution >= 0.6 is 15.9 Å². The Balaban J connectivity index is 2.26. The van der Waals surface area contributed by atoms with Crippen molar-refractivity contribution in [2.75, 3.05) is 5.32 Å². The number of hydrogen-bond donors (Lipinski definition) is 1. The topological polar surface area (TPSA) is 48.7 Å². The fraction of sp³-hybridized carbons (Fsp3) is 0.143. The van der Waals surface area contributed by atoms with Gasteiger partial charge in [-0.2, -0.15) is 5.26 Å². The molecular weight excluding hydrogens is 290 g/mol. The average molecular weight is 302 g/mol. The molecule has 2 rings (SSSR count). The number of nitrogens with one attached hydrogen (secondary N) is 1. The lowest BCUT2D eigenvalue weighted by Gasteiger charge is -2.09. The molecule has 0 aliphatic carbocycles. The molecule has 1 aromatic heterocycles. The van der Waals surface area contributed by atoms with Crippen LogP contribution in [0.1, 0.15) is 16.7 Å². The van der Waals surface area contributed by atoms with Gasteiger partial charge in [-0.25, -0.2) is 4.98 Å². The van der Waals surface area contributed by atoms with Crippen LogP contribution in [0.4, 0.5) is 11.5 Å². The summed E-state index contributed by atoms with van der Waals surface area (Å²) >= 11 is 3.54. The van der Waals surface area contributed by atoms with Gasteiger partial charge in [-0.05, 0) is 49.2 Å². The molecule has 2 aromatic rings. The number of hydrogen-bond acceptors (Lipinski definition) is 3. The fourth-order valence-electron chi connectivity index (χ4n) is 1.70. The van der Waals surface area contributed by atoms with Crippen molar-refractivity contribution >= 4 is 27.4 Å². The zero-order chi connectivity index (χ0) is 13.1. The van der Waals surface area contributed by atoms with Gasteiger partial charge in [-0.15, -0.1) is 0 Å². The van der Waals surface area contributed by atoms with E-state index >= 15 is 0 Å². The number of benzene rings is 1. The van der Waals surface area contributed by atoms with Gasteiger partial charge in [0, 0.05) is 16.4 Å². The van der Waals surface area contributed by atoms with Crippen LogP contribution in [-0.2, 0) is 0 Å². The van der Waals surface area contributed by atoms with E-state index in [2.05, 4.69) is 52.2 Å². The third-order valence-corrected chi connectivity index (χ3v) is 3.85. The van der Waals surface area contributed by atoms with E-state index in [1.165, 1.54) is 11.1 Å². The Kier molecular flexibility index (Phi) is 3.63. The Morgan fingerprint density at radius 3 is 2.39 bits per heavy atom. The summed E-state index contributed by atoms with van der Waals surface area (Å²) in [4.78, 5) is 4.18. The summed E-state index contributed by atoms with van der Waals surface area (Å²) in [6, 6.07) is 9.69. The van der Waals surface area contributed by atoms with Gasteiger partial charge in [0.25, 0.3) is 0 Å². The number of halogens is 1. The lowest BCUT2D eigenvalue weighted by molar-refractivity contribution is 1.27. The number of nitriles is 1. The lowest BCUT2D eigenvalue weighted by Crippen LogP contribution is -1.95. The van der Waals surface area contributed by atoms with Crippen molar-refractivity contribution in [3.8, 4) is 6.07 Å². The molecule has 0 unspecified atom stereocenters. The van der Waals surface area contributed by atoms with E-state index in [-0.39, 0.29) is 0 Å². The third-order valence-electron chi connectivity index (χ3n) is 2.60. The molecule has 1 aromatic carbocycles. The summed E-state index contributed by atoms with van der Waals surface area (Å²) < 4.78 is 1.13. The molecule has 18 heavy (non-hydrogen) atoms. The molecule has 0 aliphatic rings. The molecule has 0 spiro atoms. The highest BCUT2D eigenvalue weighted by Crippen LogP contribution is 2.26. The average Bonchev–Trinajstić information content (AvgIpc) is 2.37. The maximum atomic E-state index is 8.71. The van der Waals surface area contributed by atoms with Gasteiger partial charge >= 0.3 is 0 Å². The molecular formula is C14H12BrN3. The molecule has 0 bridgehead atoms. The van der Waals surface area contributed by atoms with Crippen LogP contribution in [0.3, 0.4) is 0 Å². The van der Waals surface area contributed by atoms with Gasteiger partial charge in [-0.1, -0.05) is 15.9 Å². The van der Waals surface area contributed by atoms with Gasteiger partial charge in [0.05, 0.1) is 5.56 Å². The number of anilines is 2. The van der Waals surface area contributed by atoms with Crippen LogP contribution in [0.25, 0.3) is 0 Å². The first-order valence-electron chi connectivity index (χ1n) is 5.50. The zero-order valence-electron chi connectivity index (χ0n) is 10.2. The van der Waals surface area contributed by atoms with Crippen molar-refractivity contribution < 1.29 is 0 Å². The molecule has 4 heteroatoms. The smallest absolute Gasteiger partial charge is 0.130 e. The molecule has 1 N–H and O–H groups in total. The van der Waals surface area contributed by atoms with E-state index in [0.717, 1.165) is 16.0 Å². The Morgan fingerprint density at radius 1 is 1.22 bits per heavy atom. The number of aryl methyl sites for hydroxylation is 2. The van der Waals surface area contributed by atoms with Crippen LogP contribution in [0, 0.1) is 25.2 Å². The highest BCUT2D eigenvalue weighted by Gasteiger charge is 2.03. The Bertz CT molecular complexity index is 589. The zero-order valence-corrected chi connectivity index (χ0v) is 11.7. The molecule has 3 nitrogen and oxygen atoms in total. The summed E-state index contributed by atoms with van der Waals surface area (Å²) in [6.45, 7) is 4.10. The second kappa shape index (κ2) is 5.19. The Labute approximate surface area is 115 Å². The highest BCUT2D eigenvalue weighted by atomic mass is 79.9. The first-order valence-corrected chi connectivity index (χ1v) is 6.29. The molecule has 0 atom stereocenters. The number of nitrogens with zero attached hydrogens (tertiary/aromatic N) is 2. The van der Waals surface area contributed by atoms with Crippen molar-refractivity contribution in [2.24, 2.45) is 0 Å². The molecule has 0 fully saturated rings. The van der Waals surface area contributed by atoms with Crippen LogP contribution in [0.5, 0.6) is 0 Å². The first kappa shape index (κ1) is 12.6. The highest BCUT2D eigenvalue weighted by molar-refractivity contribution is 9.10. The minimum Gasteiger partial charge on any atom is -0.340 e. The largest absolute Gasteiger partial charge is 0.340 e. The van der Waals surface area contributed by atoms with Crippen LogP contribution in [0.15, 0.2) is 34.9 Å². The van der Waals surface area contributed by atoms with Crippen molar-refractivity contribution in [1.29, 1.82) is 5.26 Å². The summed E-state index contributed by atoms with van der Waals surface area (Å²) in [5.41, 5.74) is 3.89. The van der Waals surface area contributed by atoms with E-state index < -0.39 is 0 Å². The third kappa shape index (κ3) is 2.69. The molecule has 1 heterocycles. The van der Waals surface area contributed by atoms with E-state index in [1.54, 1.807) is 18.3 Å². The van der Waals surface area contributed by atoms with E-state index in [4.69, 9.17) is 5.26 Å². The van der Waals surface area contributed by atoms with Crippen LogP contribution in [-0.4, -0.2) is 4.98 Å². The van der Waals surface area contributed by atoms with Crippen molar-refractivity contribution in [2.45, 2.75) is 13.8 Å². The van der Waals surface area contributed by atoms with Crippen molar-refractivity contribution in [1.82, 2.24) is 4.98 Å². The molecule has 0 saturated carbocycles. The first-order chi connectivity index (χ1) is 8.60. The Morgan fingerprint density at radius 2 is 1.89 bits per heavy atom. The van der Waals surface area contributed by atoms with E-state index in [0.29, 0.717) is 5.56 Å². The van der Waals surface area contributed by atoms with Gasteiger partial charge in [0.2, 0.25) is 0 Å². The maximum Gasteiger partial charge on any atom is 0.130 e. The van der Waals surface area contributed by atoms with Gasteiger partial charge < -0.3 is 5.32 Å². The standard InChI is InChI=1S/C14H12BrN3/c1-9-5-12(6-10(2)14(9)15)18-13-4-3-11(7-16)8-17-13/h3-6,8H,1-2H3,(H,17,18). The quantitative estimate of drug-likeness (QED) is 0.909. The minimum absolute atomic E-state index is 0.559. The van der Waals surface area contributed by atoms with Gasteiger partial charge in [0.15, 0.2) is 0 Å². The van der Waals surface area contributed by atoms with Gasteiger partial charge in [-0.3, -0.25) is 0 Å². The van der Waals surface area contributed by atoms with Gasteiger partial charge in [0.1, 0.15) is 11.9 Å². The fourth-order valence-corrected chi connectivity index (χ4v) is 1.93. The van der Waals surface area contributed by atoms with Crippen molar-refractivity contribution in [3.05, 3.63) is 51.6 Å². The number of rotatable bonds is 2. The summed E-state index contributed by atoms with van der Waals surface area (Å²) in [6.07, 6.45) is 1.56. The monoisotopic (exact) mass is 301 g/mol. The summed E-state index contributed by atoms with van der Waals surface area (Å²) in [7, 11) is 0. The predicted octanol–water partition coefficient (Wildman–Crippen LogP) is 4.08. The van der Waals surface area contributed by atoms with E-state index in [1.807, 2.05) is 6.07 Å². The summed E-state index contributed by atoms with van der Waals surface area (Å²) in [5, 5.41) is 11.9. The second-order valence-electron chi connectivity index (χ2n) is 4.09. The number of pyridine rings is 1. The van der Waals surface area contributed by atoms with Crippen LogP contribution in [0.2, 0.25) is 0 Å².